The molecule has 0 bridgehead atoms. The quantitative estimate of drug-likeness (QED) is 0.670. The monoisotopic (exact) mass is 250 g/mol. The van der Waals surface area contributed by atoms with E-state index in [0.717, 1.165) is 11.4 Å². The number of nitrogens with zero attached hydrogens (tertiary/aromatic N) is 3. The van der Waals surface area contributed by atoms with Crippen LogP contribution in [0.25, 0.3) is 11.2 Å². The molecule has 0 saturated carbocycles. The summed E-state index contributed by atoms with van der Waals surface area (Å²) >= 11 is 0. The largest absolute Gasteiger partial charge is 0.411 e. The molecule has 0 aliphatic heterocycles. The smallest absolute Gasteiger partial charge is 0.276 e. The average Bonchev–Trinajstić information content (AvgIpc) is 2.88. The standard InChI is InChI=1S/C14H10N4O/c1-15-12-6-4-10(9-17-12)5-7-13-18-11-3-2-8-16-14(11)19-13/h2-4,6,8-9H,1H3,(H,15,17). The van der Waals surface area contributed by atoms with Crippen LogP contribution in [0.4, 0.5) is 5.82 Å². The fraction of sp³-hybridized carbons (Fsp3) is 0.0714. The molecule has 0 aromatic carbocycles. The lowest BCUT2D eigenvalue weighted by atomic mass is 10.3. The number of anilines is 1. The first-order chi connectivity index (χ1) is 9.35. The first-order valence-electron chi connectivity index (χ1n) is 5.72. The van der Waals surface area contributed by atoms with Crippen LogP contribution in [0, 0.1) is 11.8 Å². The molecule has 92 valence electrons. The van der Waals surface area contributed by atoms with E-state index in [4.69, 9.17) is 4.42 Å². The van der Waals surface area contributed by atoms with Crippen molar-refractivity contribution in [1.82, 2.24) is 15.0 Å². The maximum atomic E-state index is 5.41. The molecule has 1 N–H and O–H groups in total. The molecule has 3 heterocycles. The van der Waals surface area contributed by atoms with Crippen molar-refractivity contribution in [3.63, 3.8) is 0 Å². The van der Waals surface area contributed by atoms with Gasteiger partial charge in [-0.2, -0.15) is 4.98 Å². The van der Waals surface area contributed by atoms with Crippen LogP contribution in [0.15, 0.2) is 41.1 Å². The van der Waals surface area contributed by atoms with Crippen molar-refractivity contribution < 1.29 is 4.42 Å². The summed E-state index contributed by atoms with van der Waals surface area (Å²) in [7, 11) is 1.82. The number of fused-ring (bicyclic) bond motifs is 1. The first-order valence-corrected chi connectivity index (χ1v) is 5.72. The minimum Gasteiger partial charge on any atom is -0.411 e. The van der Waals surface area contributed by atoms with Crippen molar-refractivity contribution in [1.29, 1.82) is 0 Å². The number of oxazole rings is 1. The van der Waals surface area contributed by atoms with E-state index in [1.54, 1.807) is 12.4 Å². The maximum absolute atomic E-state index is 5.41. The molecule has 19 heavy (non-hydrogen) atoms. The van der Waals surface area contributed by atoms with Crippen LogP contribution in [-0.2, 0) is 0 Å². The second-order valence-electron chi connectivity index (χ2n) is 3.78. The molecule has 0 atom stereocenters. The topological polar surface area (TPSA) is 63.8 Å². The van der Waals surface area contributed by atoms with E-state index < -0.39 is 0 Å². The van der Waals surface area contributed by atoms with E-state index in [1.165, 1.54) is 0 Å². The van der Waals surface area contributed by atoms with Crippen molar-refractivity contribution in [3.05, 3.63) is 48.1 Å². The Hall–Kier alpha value is -2.87. The number of pyridine rings is 2. The average molecular weight is 250 g/mol. The van der Waals surface area contributed by atoms with Gasteiger partial charge in [0.25, 0.3) is 5.89 Å². The fourth-order valence-electron chi connectivity index (χ4n) is 1.56. The second kappa shape index (κ2) is 4.78. The molecule has 0 aliphatic carbocycles. The molecule has 3 aromatic rings. The van der Waals surface area contributed by atoms with Crippen LogP contribution in [0.3, 0.4) is 0 Å². The van der Waals surface area contributed by atoms with Gasteiger partial charge in [-0.1, -0.05) is 5.92 Å². The Balaban J connectivity index is 1.89. The number of hydrogen-bond acceptors (Lipinski definition) is 5. The zero-order valence-corrected chi connectivity index (χ0v) is 10.2. The summed E-state index contributed by atoms with van der Waals surface area (Å²) in [5.41, 5.74) is 2.00. The Morgan fingerprint density at radius 1 is 1.16 bits per heavy atom. The summed E-state index contributed by atoms with van der Waals surface area (Å²) in [6.45, 7) is 0. The van der Waals surface area contributed by atoms with Gasteiger partial charge in [0.2, 0.25) is 5.71 Å². The Kier molecular flexibility index (Phi) is 2.83. The number of aromatic nitrogens is 3. The van der Waals surface area contributed by atoms with Crippen molar-refractivity contribution in [2.24, 2.45) is 0 Å². The Morgan fingerprint density at radius 2 is 2.11 bits per heavy atom. The Labute approximate surface area is 109 Å². The molecular formula is C14H10N4O. The molecule has 0 radical (unpaired) electrons. The van der Waals surface area contributed by atoms with E-state index in [-0.39, 0.29) is 0 Å². The van der Waals surface area contributed by atoms with Gasteiger partial charge < -0.3 is 9.73 Å². The van der Waals surface area contributed by atoms with Gasteiger partial charge in [0, 0.05) is 25.0 Å². The van der Waals surface area contributed by atoms with Gasteiger partial charge in [0.15, 0.2) is 0 Å². The minimum absolute atomic E-state index is 0.353. The van der Waals surface area contributed by atoms with Gasteiger partial charge in [0.05, 0.1) is 0 Å². The minimum atomic E-state index is 0.353. The molecule has 0 spiro atoms. The molecule has 0 aliphatic rings. The zero-order valence-electron chi connectivity index (χ0n) is 10.2. The molecule has 0 amide bonds. The van der Waals surface area contributed by atoms with Crippen molar-refractivity contribution in [2.45, 2.75) is 0 Å². The number of nitrogens with one attached hydrogen (secondary N) is 1. The van der Waals surface area contributed by atoms with Crippen LogP contribution in [0.1, 0.15) is 11.5 Å². The molecule has 0 fully saturated rings. The highest BCUT2D eigenvalue weighted by atomic mass is 16.4. The third kappa shape index (κ3) is 2.38. The van der Waals surface area contributed by atoms with Crippen LogP contribution in [0.5, 0.6) is 0 Å². The van der Waals surface area contributed by atoms with Crippen LogP contribution in [0.2, 0.25) is 0 Å². The third-order valence-electron chi connectivity index (χ3n) is 2.50. The van der Waals surface area contributed by atoms with Gasteiger partial charge in [0.1, 0.15) is 11.3 Å². The molecule has 5 heteroatoms. The zero-order chi connectivity index (χ0) is 13.1. The van der Waals surface area contributed by atoms with Crippen LogP contribution >= 0.6 is 0 Å². The summed E-state index contributed by atoms with van der Waals surface area (Å²) in [5.74, 6) is 6.96. The predicted octanol–water partition coefficient (Wildman–Crippen LogP) is 2.06. The fourth-order valence-corrected chi connectivity index (χ4v) is 1.56. The van der Waals surface area contributed by atoms with Gasteiger partial charge in [-0.05, 0) is 30.2 Å². The highest BCUT2D eigenvalue weighted by Gasteiger charge is 2.02. The van der Waals surface area contributed by atoms with Gasteiger partial charge in [-0.25, -0.2) is 9.97 Å². The summed E-state index contributed by atoms with van der Waals surface area (Å²) in [5, 5.41) is 2.95. The lowest BCUT2D eigenvalue weighted by molar-refractivity contribution is 0.575. The SMILES string of the molecule is CNc1ccc(C#Cc2nc3cccnc3o2)cn1. The Bertz CT molecular complexity index is 732. The van der Waals surface area contributed by atoms with Crippen LogP contribution in [-0.4, -0.2) is 22.0 Å². The summed E-state index contributed by atoms with van der Waals surface area (Å²) in [6, 6.07) is 7.38. The van der Waals surface area contributed by atoms with Gasteiger partial charge >= 0.3 is 0 Å². The van der Waals surface area contributed by atoms with E-state index in [9.17, 15) is 0 Å². The van der Waals surface area contributed by atoms with Gasteiger partial charge in [-0.15, -0.1) is 0 Å². The first kappa shape index (κ1) is 11.2. The molecule has 3 rings (SSSR count). The van der Waals surface area contributed by atoms with Crippen molar-refractivity contribution >= 4 is 17.0 Å². The van der Waals surface area contributed by atoms with Gasteiger partial charge in [-0.3, -0.25) is 0 Å². The molecule has 0 unspecified atom stereocenters. The third-order valence-corrected chi connectivity index (χ3v) is 2.50. The Morgan fingerprint density at radius 3 is 2.84 bits per heavy atom. The maximum Gasteiger partial charge on any atom is 0.276 e. The highest BCUT2D eigenvalue weighted by molar-refractivity contribution is 5.68. The molecule has 0 saturated heterocycles. The van der Waals surface area contributed by atoms with Crippen molar-refractivity contribution in [3.8, 4) is 11.8 Å². The second-order valence-corrected chi connectivity index (χ2v) is 3.78. The normalized spacial score (nSPS) is 9.95. The number of rotatable bonds is 1. The van der Waals surface area contributed by atoms with E-state index in [2.05, 4.69) is 32.1 Å². The van der Waals surface area contributed by atoms with E-state index in [0.29, 0.717) is 17.1 Å². The molecular weight excluding hydrogens is 240 g/mol. The number of hydrogen-bond donors (Lipinski definition) is 1. The highest BCUT2D eigenvalue weighted by Crippen LogP contribution is 2.11. The lowest BCUT2D eigenvalue weighted by Crippen LogP contribution is -1.91. The van der Waals surface area contributed by atoms with E-state index in [1.807, 2.05) is 31.3 Å². The predicted molar refractivity (Wildman–Crippen MR) is 71.6 cm³/mol. The van der Waals surface area contributed by atoms with Crippen molar-refractivity contribution in [2.75, 3.05) is 12.4 Å². The summed E-state index contributed by atoms with van der Waals surface area (Å²) in [4.78, 5) is 12.5. The van der Waals surface area contributed by atoms with Crippen LogP contribution < -0.4 is 5.32 Å². The molecule has 3 aromatic heterocycles. The van der Waals surface area contributed by atoms with E-state index >= 15 is 0 Å². The lowest BCUT2D eigenvalue weighted by Gasteiger charge is -1.96. The summed E-state index contributed by atoms with van der Waals surface area (Å²) in [6.07, 6.45) is 3.35. The molecule has 5 nitrogen and oxygen atoms in total. The summed E-state index contributed by atoms with van der Waals surface area (Å²) < 4.78 is 5.41.